The summed E-state index contributed by atoms with van der Waals surface area (Å²) in [5, 5.41) is 5.80. The fourth-order valence-corrected chi connectivity index (χ4v) is 3.14. The molecule has 2 saturated heterocycles. The van der Waals surface area contributed by atoms with E-state index in [2.05, 4.69) is 10.6 Å². The lowest BCUT2D eigenvalue weighted by Gasteiger charge is -2.51. The van der Waals surface area contributed by atoms with Gasteiger partial charge < -0.3 is 24.9 Å². The maximum Gasteiger partial charge on any atom is 0.319 e. The Labute approximate surface area is 116 Å². The van der Waals surface area contributed by atoms with E-state index in [1.807, 2.05) is 13.0 Å². The molecule has 2 aliphatic heterocycles. The Balaban J connectivity index is 2.02. The van der Waals surface area contributed by atoms with E-state index >= 15 is 0 Å². The second-order valence-corrected chi connectivity index (χ2v) is 5.39. The Bertz CT molecular complexity index is 530. The monoisotopic (exact) mass is 278 g/mol. The number of urea groups is 2. The number of furan rings is 1. The van der Waals surface area contributed by atoms with Crippen molar-refractivity contribution in [3.63, 3.8) is 0 Å². The molecule has 0 aromatic carbocycles. The van der Waals surface area contributed by atoms with E-state index in [4.69, 9.17) is 4.42 Å². The van der Waals surface area contributed by atoms with Crippen molar-refractivity contribution >= 4 is 12.1 Å². The van der Waals surface area contributed by atoms with Crippen LogP contribution in [0.4, 0.5) is 9.59 Å². The maximum absolute atomic E-state index is 12.1. The molecule has 7 heteroatoms. The highest BCUT2D eigenvalue weighted by atomic mass is 16.3. The summed E-state index contributed by atoms with van der Waals surface area (Å²) < 4.78 is 5.50. The van der Waals surface area contributed by atoms with Gasteiger partial charge in [-0.3, -0.25) is 0 Å². The molecule has 4 amide bonds. The van der Waals surface area contributed by atoms with Crippen molar-refractivity contribution in [1.29, 1.82) is 0 Å². The van der Waals surface area contributed by atoms with Gasteiger partial charge >= 0.3 is 12.1 Å². The number of rotatable bonds is 1. The molecule has 0 saturated carbocycles. The molecule has 7 nitrogen and oxygen atoms in total. The van der Waals surface area contributed by atoms with Gasteiger partial charge in [-0.2, -0.15) is 0 Å². The summed E-state index contributed by atoms with van der Waals surface area (Å²) in [4.78, 5) is 27.2. The van der Waals surface area contributed by atoms with Gasteiger partial charge in [-0.15, -0.1) is 0 Å². The van der Waals surface area contributed by atoms with Gasteiger partial charge in [0.05, 0.1) is 12.3 Å². The lowest BCUT2D eigenvalue weighted by molar-refractivity contribution is 0.0175. The number of nitrogens with zero attached hydrogens (tertiary/aromatic N) is 2. The van der Waals surface area contributed by atoms with Crippen molar-refractivity contribution in [3.05, 3.63) is 24.2 Å². The molecule has 20 heavy (non-hydrogen) atoms. The Morgan fingerprint density at radius 3 is 2.50 bits per heavy atom. The van der Waals surface area contributed by atoms with Crippen molar-refractivity contribution in [3.8, 4) is 0 Å². The van der Waals surface area contributed by atoms with Gasteiger partial charge in [0.2, 0.25) is 0 Å². The zero-order valence-corrected chi connectivity index (χ0v) is 11.7. The van der Waals surface area contributed by atoms with Crippen molar-refractivity contribution < 1.29 is 14.0 Å². The highest BCUT2D eigenvalue weighted by Crippen LogP contribution is 2.38. The van der Waals surface area contributed by atoms with Crippen LogP contribution >= 0.6 is 0 Å². The number of hydrogen-bond acceptors (Lipinski definition) is 3. The molecule has 0 unspecified atom stereocenters. The molecule has 3 heterocycles. The third-order valence-electron chi connectivity index (χ3n) is 4.24. The first kappa shape index (κ1) is 12.8. The summed E-state index contributed by atoms with van der Waals surface area (Å²) in [5.41, 5.74) is 0. The standard InChI is InChI=1S/C13H18N4O3/c1-7-9-10(8-5-4-6-20-8)16(2)13(19)15-11(9)17(3)12(18)14-7/h4-7,9-11H,1-3H3,(H,14,18)(H,15,19)/t7-,9+,10+,11-/m1/s1. The van der Waals surface area contributed by atoms with Crippen LogP contribution in [0.3, 0.4) is 0 Å². The molecule has 0 spiro atoms. The predicted octanol–water partition coefficient (Wildman–Crippen LogP) is 0.961. The molecule has 108 valence electrons. The average Bonchev–Trinajstić information content (AvgIpc) is 2.92. The summed E-state index contributed by atoms with van der Waals surface area (Å²) in [6.45, 7) is 1.95. The Morgan fingerprint density at radius 2 is 1.85 bits per heavy atom. The van der Waals surface area contributed by atoms with Crippen LogP contribution in [0.25, 0.3) is 0 Å². The number of fused-ring (bicyclic) bond motifs is 1. The lowest BCUT2D eigenvalue weighted by atomic mass is 9.83. The van der Waals surface area contributed by atoms with Crippen LogP contribution < -0.4 is 10.6 Å². The van der Waals surface area contributed by atoms with Gasteiger partial charge in [0.15, 0.2) is 0 Å². The van der Waals surface area contributed by atoms with E-state index in [-0.39, 0.29) is 36.2 Å². The van der Waals surface area contributed by atoms with E-state index in [0.29, 0.717) is 0 Å². The first-order chi connectivity index (χ1) is 9.50. The van der Waals surface area contributed by atoms with Crippen LogP contribution in [-0.2, 0) is 0 Å². The van der Waals surface area contributed by atoms with Crippen LogP contribution in [0.5, 0.6) is 0 Å². The minimum Gasteiger partial charge on any atom is -0.467 e. The highest BCUT2D eigenvalue weighted by Gasteiger charge is 2.50. The SMILES string of the molecule is C[C@H]1NC(=O)N(C)[C@H]2NC(=O)N(C)[C@@H](c3ccco3)[C@H]12. The molecular formula is C13H18N4O3. The van der Waals surface area contributed by atoms with Crippen LogP contribution in [0.2, 0.25) is 0 Å². The number of amides is 4. The molecular weight excluding hydrogens is 260 g/mol. The maximum atomic E-state index is 12.1. The van der Waals surface area contributed by atoms with Crippen LogP contribution in [0.15, 0.2) is 22.8 Å². The van der Waals surface area contributed by atoms with Crippen molar-refractivity contribution in [2.45, 2.75) is 25.2 Å². The third kappa shape index (κ3) is 1.73. The lowest BCUT2D eigenvalue weighted by Crippen LogP contribution is -2.71. The molecule has 1 aromatic rings. The van der Waals surface area contributed by atoms with Crippen molar-refractivity contribution in [2.75, 3.05) is 14.1 Å². The zero-order chi connectivity index (χ0) is 14.4. The zero-order valence-electron chi connectivity index (χ0n) is 11.7. The molecule has 0 bridgehead atoms. The van der Waals surface area contributed by atoms with E-state index < -0.39 is 0 Å². The Morgan fingerprint density at radius 1 is 1.15 bits per heavy atom. The van der Waals surface area contributed by atoms with E-state index in [1.54, 1.807) is 31.3 Å². The van der Waals surface area contributed by atoms with Crippen molar-refractivity contribution in [2.24, 2.45) is 5.92 Å². The summed E-state index contributed by atoms with van der Waals surface area (Å²) >= 11 is 0. The molecule has 2 fully saturated rings. The van der Waals surface area contributed by atoms with Gasteiger partial charge in [0.1, 0.15) is 11.9 Å². The second kappa shape index (κ2) is 4.43. The summed E-state index contributed by atoms with van der Waals surface area (Å²) in [5.74, 6) is 0.736. The van der Waals surface area contributed by atoms with Crippen LogP contribution in [0.1, 0.15) is 18.7 Å². The van der Waals surface area contributed by atoms with Gasteiger partial charge in [-0.1, -0.05) is 0 Å². The molecule has 2 aliphatic rings. The quantitative estimate of drug-likeness (QED) is 0.803. The number of carbonyl (C=O) groups is 2. The third-order valence-corrected chi connectivity index (χ3v) is 4.24. The smallest absolute Gasteiger partial charge is 0.319 e. The molecule has 0 aliphatic carbocycles. The van der Waals surface area contributed by atoms with Gasteiger partial charge in [0.25, 0.3) is 0 Å². The van der Waals surface area contributed by atoms with E-state index in [0.717, 1.165) is 5.76 Å². The Hall–Kier alpha value is -2.18. The van der Waals surface area contributed by atoms with E-state index in [1.165, 1.54) is 4.90 Å². The molecule has 3 rings (SSSR count). The topological polar surface area (TPSA) is 77.8 Å². The normalized spacial score (nSPS) is 33.5. The Kier molecular flexibility index (Phi) is 2.84. The molecule has 0 radical (unpaired) electrons. The predicted molar refractivity (Wildman–Crippen MR) is 70.8 cm³/mol. The van der Waals surface area contributed by atoms with Crippen LogP contribution in [-0.4, -0.2) is 48.2 Å². The first-order valence-corrected chi connectivity index (χ1v) is 6.60. The van der Waals surface area contributed by atoms with Crippen molar-refractivity contribution in [1.82, 2.24) is 20.4 Å². The largest absolute Gasteiger partial charge is 0.467 e. The molecule has 4 atom stereocenters. The summed E-state index contributed by atoms with van der Waals surface area (Å²) in [7, 11) is 3.42. The number of carbonyl (C=O) groups excluding carboxylic acids is 2. The fourth-order valence-electron chi connectivity index (χ4n) is 3.14. The highest BCUT2D eigenvalue weighted by molar-refractivity contribution is 5.80. The fraction of sp³-hybridized carbons (Fsp3) is 0.538. The van der Waals surface area contributed by atoms with Gasteiger partial charge in [-0.25, -0.2) is 9.59 Å². The molecule has 2 N–H and O–H groups in total. The van der Waals surface area contributed by atoms with E-state index in [9.17, 15) is 9.59 Å². The second-order valence-electron chi connectivity index (χ2n) is 5.39. The van der Waals surface area contributed by atoms with Gasteiger partial charge in [-0.05, 0) is 19.1 Å². The first-order valence-electron chi connectivity index (χ1n) is 6.60. The average molecular weight is 278 g/mol. The number of nitrogens with one attached hydrogen (secondary N) is 2. The van der Waals surface area contributed by atoms with Gasteiger partial charge in [0, 0.05) is 26.1 Å². The minimum absolute atomic E-state index is 0.00606. The number of hydrogen-bond donors (Lipinski definition) is 2. The summed E-state index contributed by atoms with van der Waals surface area (Å²) in [6, 6.07) is 3.01. The summed E-state index contributed by atoms with van der Waals surface area (Å²) in [6.07, 6.45) is 1.26. The molecule has 1 aromatic heterocycles. The minimum atomic E-state index is -0.336. The van der Waals surface area contributed by atoms with Crippen LogP contribution in [0, 0.1) is 5.92 Å².